The molecule has 0 bridgehead atoms. The van der Waals surface area contributed by atoms with Crippen molar-refractivity contribution >= 4 is 35.2 Å². The molecule has 2 aromatic carbocycles. The Bertz CT molecular complexity index is 1340. The van der Waals surface area contributed by atoms with Crippen molar-refractivity contribution in [3.05, 3.63) is 89.6 Å². The summed E-state index contributed by atoms with van der Waals surface area (Å²) in [5.41, 5.74) is 4.57. The van der Waals surface area contributed by atoms with E-state index in [0.717, 1.165) is 22.4 Å². The maximum absolute atomic E-state index is 12.4. The molecule has 3 N–H and O–H groups in total. The summed E-state index contributed by atoms with van der Waals surface area (Å²) >= 11 is 0. The number of aromatic nitrogens is 4. The van der Waals surface area contributed by atoms with Gasteiger partial charge in [-0.2, -0.15) is 5.10 Å². The van der Waals surface area contributed by atoms with Gasteiger partial charge in [-0.1, -0.05) is 24.3 Å². The normalized spacial score (nSPS) is 14.9. The fourth-order valence-corrected chi connectivity index (χ4v) is 3.78. The second kappa shape index (κ2) is 8.54. The summed E-state index contributed by atoms with van der Waals surface area (Å²) in [6, 6.07) is 15.4. The molecule has 1 unspecified atom stereocenters. The van der Waals surface area contributed by atoms with Gasteiger partial charge in [0.2, 0.25) is 5.91 Å². The average molecular weight is 439 g/mol. The molecule has 33 heavy (non-hydrogen) atoms. The maximum Gasteiger partial charge on any atom is 0.291 e. The Morgan fingerprint density at radius 3 is 2.70 bits per heavy atom. The molecule has 1 aliphatic rings. The number of H-pyrrole nitrogens is 1. The molecule has 0 radical (unpaired) electrons. The quantitative estimate of drug-likeness (QED) is 0.399. The van der Waals surface area contributed by atoms with Crippen molar-refractivity contribution < 1.29 is 9.59 Å². The van der Waals surface area contributed by atoms with Gasteiger partial charge in [-0.3, -0.25) is 14.7 Å². The van der Waals surface area contributed by atoms with Crippen LogP contribution in [-0.4, -0.2) is 37.8 Å². The predicted octanol–water partition coefficient (Wildman–Crippen LogP) is 3.42. The molecule has 4 aromatic rings. The number of rotatable bonds is 6. The first-order valence-electron chi connectivity index (χ1n) is 10.4. The summed E-state index contributed by atoms with van der Waals surface area (Å²) in [6.07, 6.45) is 7.26. The van der Waals surface area contributed by atoms with Gasteiger partial charge in [-0.15, -0.1) is 0 Å². The maximum atomic E-state index is 12.4. The third kappa shape index (κ3) is 4.29. The zero-order valence-electron chi connectivity index (χ0n) is 17.8. The first-order valence-corrected chi connectivity index (χ1v) is 10.4. The highest BCUT2D eigenvalue weighted by Crippen LogP contribution is 2.33. The Morgan fingerprint density at radius 2 is 1.97 bits per heavy atom. The van der Waals surface area contributed by atoms with Crippen LogP contribution in [0.4, 0.5) is 17.2 Å². The summed E-state index contributed by atoms with van der Waals surface area (Å²) in [5.74, 6) is 0.146. The van der Waals surface area contributed by atoms with Crippen LogP contribution in [0.5, 0.6) is 0 Å². The monoisotopic (exact) mass is 439 g/mol. The number of amides is 2. The van der Waals surface area contributed by atoms with E-state index in [2.05, 4.69) is 30.8 Å². The van der Waals surface area contributed by atoms with Crippen molar-refractivity contribution in [2.24, 2.45) is 12.0 Å². The van der Waals surface area contributed by atoms with Crippen LogP contribution in [0.25, 0.3) is 0 Å². The van der Waals surface area contributed by atoms with Crippen molar-refractivity contribution in [1.82, 2.24) is 19.7 Å². The van der Waals surface area contributed by atoms with Crippen LogP contribution in [0.2, 0.25) is 0 Å². The van der Waals surface area contributed by atoms with E-state index in [1.54, 1.807) is 42.5 Å². The van der Waals surface area contributed by atoms with Crippen molar-refractivity contribution in [2.75, 3.05) is 10.6 Å². The van der Waals surface area contributed by atoms with Crippen molar-refractivity contribution in [3.63, 3.8) is 0 Å². The zero-order chi connectivity index (χ0) is 22.8. The average Bonchev–Trinajstić information content (AvgIpc) is 3.54. The number of nitrogens with zero attached hydrogens (tertiary/aromatic N) is 4. The summed E-state index contributed by atoms with van der Waals surface area (Å²) in [4.78, 5) is 33.1. The van der Waals surface area contributed by atoms with Crippen LogP contribution in [0.1, 0.15) is 33.2 Å². The highest BCUT2D eigenvalue weighted by molar-refractivity contribution is 6.12. The molecule has 164 valence electrons. The van der Waals surface area contributed by atoms with Gasteiger partial charge in [0.15, 0.2) is 5.82 Å². The molecule has 9 heteroatoms. The first-order chi connectivity index (χ1) is 16.1. The third-order valence-corrected chi connectivity index (χ3v) is 5.48. The summed E-state index contributed by atoms with van der Waals surface area (Å²) in [7, 11) is 1.78. The van der Waals surface area contributed by atoms with E-state index in [-0.39, 0.29) is 11.8 Å². The number of carbonyl (C=O) groups excluding carboxylic acids is 2. The minimum absolute atomic E-state index is 0.0989. The SMILES string of the molecule is Cn1ccnc1C(=O)Nc1ccc(Cc2ccc3c(c2)C(C=Nc2ccn[nH]2)C(=O)N3)cc1. The highest BCUT2D eigenvalue weighted by atomic mass is 16.2. The van der Waals surface area contributed by atoms with E-state index in [9.17, 15) is 9.59 Å². The molecular formula is C24H21N7O2. The van der Waals surface area contributed by atoms with E-state index < -0.39 is 5.92 Å². The topological polar surface area (TPSA) is 117 Å². The lowest BCUT2D eigenvalue weighted by molar-refractivity contribution is -0.115. The minimum Gasteiger partial charge on any atom is -0.330 e. The van der Waals surface area contributed by atoms with Crippen LogP contribution in [0, 0.1) is 0 Å². The van der Waals surface area contributed by atoms with E-state index >= 15 is 0 Å². The second-order valence-corrected chi connectivity index (χ2v) is 7.80. The smallest absolute Gasteiger partial charge is 0.291 e. The Morgan fingerprint density at radius 1 is 1.15 bits per heavy atom. The number of imidazole rings is 1. The minimum atomic E-state index is -0.452. The van der Waals surface area contributed by atoms with Gasteiger partial charge in [0.25, 0.3) is 5.91 Å². The van der Waals surface area contributed by atoms with Crippen LogP contribution in [0.15, 0.2) is 72.1 Å². The van der Waals surface area contributed by atoms with E-state index in [1.165, 1.54) is 0 Å². The second-order valence-electron chi connectivity index (χ2n) is 7.80. The molecule has 2 aromatic heterocycles. The number of fused-ring (bicyclic) bond motifs is 1. The van der Waals surface area contributed by atoms with E-state index in [0.29, 0.717) is 23.8 Å². The predicted molar refractivity (Wildman–Crippen MR) is 125 cm³/mol. The summed E-state index contributed by atoms with van der Waals surface area (Å²) in [6.45, 7) is 0. The van der Waals surface area contributed by atoms with E-state index in [4.69, 9.17) is 0 Å². The van der Waals surface area contributed by atoms with Crippen molar-refractivity contribution in [2.45, 2.75) is 12.3 Å². The van der Waals surface area contributed by atoms with Crippen LogP contribution >= 0.6 is 0 Å². The Labute approximate surface area is 189 Å². The standard InChI is InChI=1S/C24H21N7O2/c1-31-11-10-25-22(31)24(33)28-17-5-2-15(3-6-17)12-16-4-7-20-18(13-16)19(23(32)29-20)14-26-21-8-9-27-30-21/h2-11,13-14,19H,12H2,1H3,(H,27,30)(H,28,33)(H,29,32). The molecule has 3 heterocycles. The van der Waals surface area contributed by atoms with Crippen LogP contribution < -0.4 is 10.6 Å². The molecule has 2 amide bonds. The number of benzene rings is 2. The number of nitrogens with one attached hydrogen (secondary N) is 3. The van der Waals surface area contributed by atoms with Gasteiger partial charge < -0.3 is 15.2 Å². The fraction of sp³-hybridized carbons (Fsp3) is 0.125. The van der Waals surface area contributed by atoms with Gasteiger partial charge in [0.05, 0.1) is 6.20 Å². The van der Waals surface area contributed by atoms with Crippen molar-refractivity contribution in [3.8, 4) is 0 Å². The number of anilines is 2. The molecule has 5 rings (SSSR count). The van der Waals surface area contributed by atoms with E-state index in [1.807, 2.05) is 42.5 Å². The number of aryl methyl sites for hydroxylation is 1. The first kappa shape index (κ1) is 20.4. The van der Waals surface area contributed by atoms with Gasteiger partial charge in [-0.05, 0) is 41.3 Å². The molecular weight excluding hydrogens is 418 g/mol. The Balaban J connectivity index is 1.29. The van der Waals surface area contributed by atoms with Crippen LogP contribution in [-0.2, 0) is 18.3 Å². The lowest BCUT2D eigenvalue weighted by atomic mass is 9.96. The molecule has 0 aliphatic carbocycles. The zero-order valence-corrected chi connectivity index (χ0v) is 17.8. The Hall–Kier alpha value is -4.53. The lowest BCUT2D eigenvalue weighted by Crippen LogP contribution is -2.16. The third-order valence-electron chi connectivity index (χ3n) is 5.48. The van der Waals surface area contributed by atoms with Gasteiger partial charge in [-0.25, -0.2) is 9.98 Å². The van der Waals surface area contributed by atoms with Crippen molar-refractivity contribution in [1.29, 1.82) is 0 Å². The number of aliphatic imine (C=N–C) groups is 1. The largest absolute Gasteiger partial charge is 0.330 e. The Kier molecular flexibility index (Phi) is 5.27. The molecule has 1 aliphatic heterocycles. The molecule has 1 atom stereocenters. The molecule has 0 spiro atoms. The fourth-order valence-electron chi connectivity index (χ4n) is 3.78. The molecule has 0 fully saturated rings. The van der Waals surface area contributed by atoms with Crippen LogP contribution in [0.3, 0.4) is 0 Å². The van der Waals surface area contributed by atoms with Gasteiger partial charge >= 0.3 is 0 Å². The van der Waals surface area contributed by atoms with Gasteiger partial charge in [0, 0.05) is 43.1 Å². The molecule has 9 nitrogen and oxygen atoms in total. The summed E-state index contributed by atoms with van der Waals surface area (Å²) < 4.78 is 1.67. The lowest BCUT2D eigenvalue weighted by Gasteiger charge is -2.09. The number of aromatic amines is 1. The molecule has 0 saturated carbocycles. The highest BCUT2D eigenvalue weighted by Gasteiger charge is 2.29. The summed E-state index contributed by atoms with van der Waals surface area (Å²) in [5, 5.41) is 12.4. The number of hydrogen-bond acceptors (Lipinski definition) is 5. The molecule has 0 saturated heterocycles. The number of carbonyl (C=O) groups is 2. The number of hydrogen-bond donors (Lipinski definition) is 3. The van der Waals surface area contributed by atoms with Gasteiger partial charge in [0.1, 0.15) is 11.7 Å².